The van der Waals surface area contributed by atoms with E-state index in [4.69, 9.17) is 5.41 Å². The van der Waals surface area contributed by atoms with Crippen LogP contribution in [0.15, 0.2) is 36.4 Å². The van der Waals surface area contributed by atoms with Gasteiger partial charge in [0.25, 0.3) is 5.91 Å². The van der Waals surface area contributed by atoms with Crippen LogP contribution in [0.25, 0.3) is 0 Å². The summed E-state index contributed by atoms with van der Waals surface area (Å²) in [4.78, 5) is 28.8. The summed E-state index contributed by atoms with van der Waals surface area (Å²) in [6, 6.07) is 11.4. The van der Waals surface area contributed by atoms with Crippen molar-refractivity contribution in [2.75, 3.05) is 0 Å². The summed E-state index contributed by atoms with van der Waals surface area (Å²) >= 11 is 0. The van der Waals surface area contributed by atoms with E-state index in [0.717, 1.165) is 73.6 Å². The van der Waals surface area contributed by atoms with Crippen molar-refractivity contribution in [3.63, 3.8) is 0 Å². The van der Waals surface area contributed by atoms with E-state index >= 15 is 0 Å². The number of amides is 2. The molecule has 4 atom stereocenters. The molecular formula is C31H38N4O3. The first kappa shape index (κ1) is 25.1. The molecule has 2 amide bonds. The molecule has 5 aliphatic rings. The molecule has 3 heterocycles. The third kappa shape index (κ3) is 4.21. The van der Waals surface area contributed by atoms with E-state index < -0.39 is 17.2 Å². The maximum atomic E-state index is 13.6. The maximum absolute atomic E-state index is 13.6. The molecule has 0 spiro atoms. The number of guanidine groups is 1. The number of fused-ring (bicyclic) bond motifs is 6. The smallest absolute Gasteiger partial charge is 0.251 e. The Hall–Kier alpha value is -3.19. The van der Waals surface area contributed by atoms with Gasteiger partial charge in [0.05, 0.1) is 24.1 Å². The third-order valence-electron chi connectivity index (χ3n) is 9.40. The number of aliphatic hydroxyl groups is 1. The summed E-state index contributed by atoms with van der Waals surface area (Å²) < 4.78 is 0. The number of carbonyl (C=O) groups excluding carboxylic acids is 2. The highest BCUT2D eigenvalue weighted by Gasteiger charge is 2.45. The van der Waals surface area contributed by atoms with E-state index in [2.05, 4.69) is 35.8 Å². The zero-order valence-corrected chi connectivity index (χ0v) is 22.4. The first-order valence-electron chi connectivity index (χ1n) is 14.2. The fourth-order valence-corrected chi connectivity index (χ4v) is 7.20. The van der Waals surface area contributed by atoms with Crippen molar-refractivity contribution in [2.24, 2.45) is 0 Å². The molecule has 1 fully saturated rings. The SMILES string of the molecule is CC[C@]12CCCCc3ccc4c(c3)[C@@H](NC(=O)c3ccc5c(c3)[C@@H](CCC5)N(C(=N)N1)C(=O)C2)[C@](C)(O)C4. The maximum Gasteiger partial charge on any atom is 0.251 e. The van der Waals surface area contributed by atoms with Gasteiger partial charge in [-0.15, -0.1) is 0 Å². The molecule has 0 radical (unpaired) electrons. The third-order valence-corrected chi connectivity index (χ3v) is 9.40. The zero-order chi connectivity index (χ0) is 26.7. The molecular weight excluding hydrogens is 476 g/mol. The fourth-order valence-electron chi connectivity index (χ4n) is 7.20. The summed E-state index contributed by atoms with van der Waals surface area (Å²) in [7, 11) is 0. The number of carbonyl (C=O) groups is 2. The predicted octanol–water partition coefficient (Wildman–Crippen LogP) is 4.47. The van der Waals surface area contributed by atoms with E-state index in [1.165, 1.54) is 5.56 Å². The van der Waals surface area contributed by atoms with Crippen LogP contribution in [-0.4, -0.2) is 38.9 Å². The van der Waals surface area contributed by atoms with Gasteiger partial charge in [-0.3, -0.25) is 19.9 Å². The summed E-state index contributed by atoms with van der Waals surface area (Å²) in [6.07, 6.45) is 7.92. The van der Waals surface area contributed by atoms with Gasteiger partial charge in [-0.2, -0.15) is 0 Å². The minimum Gasteiger partial charge on any atom is -0.387 e. The summed E-state index contributed by atoms with van der Waals surface area (Å²) in [5.41, 5.74) is 4.42. The zero-order valence-electron chi connectivity index (χ0n) is 22.4. The van der Waals surface area contributed by atoms with Gasteiger partial charge < -0.3 is 15.7 Å². The van der Waals surface area contributed by atoms with E-state index in [0.29, 0.717) is 18.4 Å². The highest BCUT2D eigenvalue weighted by Crippen LogP contribution is 2.41. The van der Waals surface area contributed by atoms with Crippen molar-refractivity contribution >= 4 is 17.8 Å². The van der Waals surface area contributed by atoms with Crippen LogP contribution in [0.5, 0.6) is 0 Å². The van der Waals surface area contributed by atoms with Gasteiger partial charge in [0, 0.05) is 17.5 Å². The number of benzene rings is 2. The van der Waals surface area contributed by atoms with E-state index in [1.54, 1.807) is 11.8 Å². The van der Waals surface area contributed by atoms with Crippen molar-refractivity contribution in [1.29, 1.82) is 5.41 Å². The van der Waals surface area contributed by atoms with Crippen LogP contribution in [0, 0.1) is 5.41 Å². The molecule has 2 aromatic rings. The van der Waals surface area contributed by atoms with Crippen molar-refractivity contribution < 1.29 is 14.7 Å². The Morgan fingerprint density at radius 2 is 1.84 bits per heavy atom. The van der Waals surface area contributed by atoms with Crippen molar-refractivity contribution in [1.82, 2.24) is 15.5 Å². The van der Waals surface area contributed by atoms with Crippen LogP contribution in [0.1, 0.15) is 109 Å². The van der Waals surface area contributed by atoms with Crippen molar-refractivity contribution in [3.05, 3.63) is 69.8 Å². The summed E-state index contributed by atoms with van der Waals surface area (Å²) in [5.74, 6) is -0.0595. The lowest BCUT2D eigenvalue weighted by molar-refractivity contribution is -0.133. The van der Waals surface area contributed by atoms with Crippen LogP contribution in [0.2, 0.25) is 0 Å². The Morgan fingerprint density at radius 3 is 2.63 bits per heavy atom. The Bertz CT molecular complexity index is 1300. The van der Waals surface area contributed by atoms with E-state index in [9.17, 15) is 14.7 Å². The van der Waals surface area contributed by atoms with Crippen LogP contribution in [-0.2, 0) is 24.1 Å². The van der Waals surface area contributed by atoms with Crippen molar-refractivity contribution in [3.8, 4) is 0 Å². The van der Waals surface area contributed by atoms with Crippen LogP contribution < -0.4 is 10.6 Å². The fraction of sp³-hybridized carbons (Fsp3) is 0.516. The second kappa shape index (κ2) is 9.23. The van der Waals surface area contributed by atoms with Gasteiger partial charge in [0.1, 0.15) is 0 Å². The van der Waals surface area contributed by atoms with Crippen LogP contribution >= 0.6 is 0 Å². The second-order valence-electron chi connectivity index (χ2n) is 12.1. The van der Waals surface area contributed by atoms with Crippen LogP contribution in [0.3, 0.4) is 0 Å². The van der Waals surface area contributed by atoms with Gasteiger partial charge in [0.2, 0.25) is 5.91 Å². The number of aryl methyl sites for hydroxylation is 2. The molecule has 2 aromatic carbocycles. The predicted molar refractivity (Wildman–Crippen MR) is 146 cm³/mol. The molecule has 2 aliphatic carbocycles. The first-order chi connectivity index (χ1) is 18.2. The highest BCUT2D eigenvalue weighted by molar-refractivity contribution is 6.00. The molecule has 0 saturated carbocycles. The second-order valence-corrected chi connectivity index (χ2v) is 12.1. The molecule has 7 rings (SSSR count). The van der Waals surface area contributed by atoms with E-state index in [1.807, 2.05) is 18.2 Å². The molecule has 6 bridgehead atoms. The van der Waals surface area contributed by atoms with Gasteiger partial charge in [-0.05, 0) is 91.8 Å². The normalized spacial score (nSPS) is 30.9. The van der Waals surface area contributed by atoms with Gasteiger partial charge in [-0.1, -0.05) is 37.6 Å². The lowest BCUT2D eigenvalue weighted by Crippen LogP contribution is -2.62. The average Bonchev–Trinajstić information content (AvgIpc) is 3.14. The monoisotopic (exact) mass is 514 g/mol. The number of hydrogen-bond donors (Lipinski definition) is 4. The standard InChI is InChI=1S/C31H38N4O3/c1-3-31-14-5-4-7-19-10-11-22-17-30(2,38)27(24(22)15-19)33-28(37)21-13-12-20-8-6-9-25(23(20)16-21)35(26(36)18-31)29(32)34-31/h10-13,15-16,25,27,38H,3-9,14,17-18H2,1-2H3,(H2,32,34)(H,33,37)/t25-,27-,30-,31-/m1/s1. The van der Waals surface area contributed by atoms with Gasteiger partial charge in [0.15, 0.2) is 5.96 Å². The van der Waals surface area contributed by atoms with Crippen LogP contribution in [0.4, 0.5) is 0 Å². The average molecular weight is 515 g/mol. The van der Waals surface area contributed by atoms with Gasteiger partial charge >= 0.3 is 0 Å². The number of rotatable bonds is 1. The quantitative estimate of drug-likeness (QED) is 0.450. The highest BCUT2D eigenvalue weighted by atomic mass is 16.3. The molecule has 3 aliphatic heterocycles. The molecule has 0 aromatic heterocycles. The molecule has 7 nitrogen and oxygen atoms in total. The van der Waals surface area contributed by atoms with E-state index in [-0.39, 0.29) is 23.8 Å². The summed E-state index contributed by atoms with van der Waals surface area (Å²) in [5, 5.41) is 26.8. The van der Waals surface area contributed by atoms with Crippen molar-refractivity contribution in [2.45, 2.75) is 101 Å². The Morgan fingerprint density at radius 1 is 1.03 bits per heavy atom. The number of nitrogens with zero attached hydrogens (tertiary/aromatic N) is 1. The van der Waals surface area contributed by atoms with Gasteiger partial charge in [-0.25, -0.2) is 0 Å². The molecule has 38 heavy (non-hydrogen) atoms. The Labute approximate surface area is 224 Å². The number of nitrogens with one attached hydrogen (secondary N) is 3. The first-order valence-corrected chi connectivity index (χ1v) is 14.2. The topological polar surface area (TPSA) is 106 Å². The molecule has 4 N–H and O–H groups in total. The molecule has 1 saturated heterocycles. The minimum atomic E-state index is -1.07. The lowest BCUT2D eigenvalue weighted by atomic mass is 9.81. The number of hydrogen-bond acceptors (Lipinski definition) is 4. The Kier molecular flexibility index (Phi) is 6.10. The molecule has 200 valence electrons. The molecule has 0 unspecified atom stereocenters. The molecule has 7 heteroatoms. The minimum absolute atomic E-state index is 0.00773. The summed E-state index contributed by atoms with van der Waals surface area (Å²) in [6.45, 7) is 3.90. The lowest BCUT2D eigenvalue weighted by Gasteiger charge is -2.46. The largest absolute Gasteiger partial charge is 0.387 e. The Balaban J connectivity index is 1.42.